The van der Waals surface area contributed by atoms with E-state index in [0.717, 1.165) is 11.1 Å². The van der Waals surface area contributed by atoms with Crippen LogP contribution in [0, 0.1) is 25.7 Å². The lowest BCUT2D eigenvalue weighted by Gasteiger charge is -2.39. The van der Waals surface area contributed by atoms with Crippen molar-refractivity contribution in [2.45, 2.75) is 63.8 Å². The minimum Gasteiger partial charge on any atom is -0.481 e. The first kappa shape index (κ1) is 23.4. The minimum atomic E-state index is -1.21. The molecule has 4 rings (SSSR count). The van der Waals surface area contributed by atoms with Gasteiger partial charge in [-0.2, -0.15) is 0 Å². The zero-order chi connectivity index (χ0) is 24.1. The summed E-state index contributed by atoms with van der Waals surface area (Å²) in [5.74, 6) is -3.76. The third kappa shape index (κ3) is 3.38. The number of ether oxygens (including phenoxy) is 1. The fourth-order valence-corrected chi connectivity index (χ4v) is 6.05. The van der Waals surface area contributed by atoms with E-state index in [1.807, 2.05) is 39.0 Å². The molecule has 3 aliphatic rings. The molecule has 0 aliphatic carbocycles. The maximum atomic E-state index is 14.3. The van der Waals surface area contributed by atoms with Crippen molar-refractivity contribution in [3.63, 3.8) is 0 Å². The van der Waals surface area contributed by atoms with E-state index in [1.54, 1.807) is 11.0 Å². The van der Waals surface area contributed by atoms with Gasteiger partial charge in [0, 0.05) is 12.2 Å². The Kier molecular flexibility index (Phi) is 6.09. The van der Waals surface area contributed by atoms with Gasteiger partial charge < -0.3 is 24.7 Å². The number of amides is 2. The summed E-state index contributed by atoms with van der Waals surface area (Å²) in [6.45, 7) is 9.41. The molecule has 0 saturated carbocycles. The van der Waals surface area contributed by atoms with Gasteiger partial charge in [0.05, 0.1) is 30.6 Å². The van der Waals surface area contributed by atoms with Crippen LogP contribution in [0.15, 0.2) is 30.9 Å². The number of nitrogens with zero attached hydrogens (tertiary/aromatic N) is 2. The summed E-state index contributed by atoms with van der Waals surface area (Å²) in [4.78, 5) is 43.1. The zero-order valence-corrected chi connectivity index (χ0v) is 19.4. The van der Waals surface area contributed by atoms with Gasteiger partial charge in [0.25, 0.3) is 5.91 Å². The van der Waals surface area contributed by atoms with Crippen LogP contribution in [-0.4, -0.2) is 69.8 Å². The number of aryl methyl sites for hydroxylation is 2. The average Bonchev–Trinajstić information content (AvgIpc) is 3.42. The summed E-state index contributed by atoms with van der Waals surface area (Å²) >= 11 is 0. The molecule has 2 amide bonds. The van der Waals surface area contributed by atoms with Gasteiger partial charge in [-0.05, 0) is 50.3 Å². The van der Waals surface area contributed by atoms with Crippen LogP contribution >= 0.6 is 0 Å². The van der Waals surface area contributed by atoms with Crippen molar-refractivity contribution in [3.8, 4) is 0 Å². The molecule has 1 spiro atoms. The SMILES string of the molecule is C=CCN(C(=O)C1N([C@@H](CC)CO)C(=O)[C@@H]2[C@H](C(=O)O)[C@@H]3CCC12O3)c1cc(C)ccc1C. The molecule has 3 heterocycles. The van der Waals surface area contributed by atoms with Gasteiger partial charge in [0.2, 0.25) is 5.91 Å². The number of anilines is 1. The molecule has 0 aromatic heterocycles. The summed E-state index contributed by atoms with van der Waals surface area (Å²) < 4.78 is 6.25. The van der Waals surface area contributed by atoms with Gasteiger partial charge in [-0.3, -0.25) is 14.4 Å². The maximum absolute atomic E-state index is 14.3. The zero-order valence-electron chi connectivity index (χ0n) is 19.4. The molecule has 0 radical (unpaired) electrons. The number of hydrogen-bond donors (Lipinski definition) is 2. The van der Waals surface area contributed by atoms with Crippen LogP contribution in [0.2, 0.25) is 0 Å². The van der Waals surface area contributed by atoms with Gasteiger partial charge in [-0.1, -0.05) is 25.1 Å². The number of carboxylic acid groups (broad SMARTS) is 1. The van der Waals surface area contributed by atoms with Gasteiger partial charge in [0.1, 0.15) is 11.6 Å². The van der Waals surface area contributed by atoms with Crippen molar-refractivity contribution in [1.29, 1.82) is 0 Å². The van der Waals surface area contributed by atoms with E-state index in [4.69, 9.17) is 4.74 Å². The van der Waals surface area contributed by atoms with E-state index in [0.29, 0.717) is 24.9 Å². The molecular weight excluding hydrogens is 424 g/mol. The lowest BCUT2D eigenvalue weighted by Crippen LogP contribution is -2.59. The molecule has 3 saturated heterocycles. The molecule has 8 heteroatoms. The first-order chi connectivity index (χ1) is 15.7. The Morgan fingerprint density at radius 3 is 2.73 bits per heavy atom. The van der Waals surface area contributed by atoms with E-state index >= 15 is 0 Å². The second-order valence-corrected chi connectivity index (χ2v) is 9.41. The first-order valence-corrected chi connectivity index (χ1v) is 11.5. The Bertz CT molecular complexity index is 989. The molecular formula is C25H32N2O6. The second-order valence-electron chi connectivity index (χ2n) is 9.41. The van der Waals surface area contributed by atoms with Crippen molar-refractivity contribution >= 4 is 23.5 Å². The van der Waals surface area contributed by atoms with E-state index in [1.165, 1.54) is 4.90 Å². The van der Waals surface area contributed by atoms with Gasteiger partial charge in [0.15, 0.2) is 0 Å². The predicted octanol–water partition coefficient (Wildman–Crippen LogP) is 2.05. The summed E-state index contributed by atoms with van der Waals surface area (Å²) in [6.07, 6.45) is 2.39. The number of hydrogen-bond acceptors (Lipinski definition) is 5. The molecule has 6 atom stereocenters. The largest absolute Gasteiger partial charge is 0.481 e. The smallest absolute Gasteiger partial charge is 0.310 e. The van der Waals surface area contributed by atoms with E-state index < -0.39 is 47.5 Å². The summed E-state index contributed by atoms with van der Waals surface area (Å²) in [5.41, 5.74) is 1.39. The monoisotopic (exact) mass is 456 g/mol. The van der Waals surface area contributed by atoms with Crippen molar-refractivity contribution in [1.82, 2.24) is 4.90 Å². The van der Waals surface area contributed by atoms with Crippen molar-refractivity contribution in [2.75, 3.05) is 18.1 Å². The Balaban J connectivity index is 1.85. The van der Waals surface area contributed by atoms with Crippen molar-refractivity contribution in [2.24, 2.45) is 11.8 Å². The van der Waals surface area contributed by atoms with Crippen LogP contribution in [-0.2, 0) is 19.1 Å². The molecule has 8 nitrogen and oxygen atoms in total. The highest BCUT2D eigenvalue weighted by Crippen LogP contribution is 2.59. The summed E-state index contributed by atoms with van der Waals surface area (Å²) in [5, 5.41) is 19.9. The topological polar surface area (TPSA) is 107 Å². The Morgan fingerprint density at radius 2 is 2.12 bits per heavy atom. The molecule has 2 N–H and O–H groups in total. The Morgan fingerprint density at radius 1 is 1.39 bits per heavy atom. The van der Waals surface area contributed by atoms with E-state index in [2.05, 4.69) is 6.58 Å². The van der Waals surface area contributed by atoms with Crippen molar-refractivity contribution in [3.05, 3.63) is 42.0 Å². The number of carboxylic acids is 1. The number of aliphatic carboxylic acids is 1. The molecule has 2 unspecified atom stereocenters. The molecule has 178 valence electrons. The van der Waals surface area contributed by atoms with Gasteiger partial charge in [-0.25, -0.2) is 0 Å². The molecule has 1 aromatic rings. The molecule has 33 heavy (non-hydrogen) atoms. The number of carbonyl (C=O) groups is 3. The van der Waals surface area contributed by atoms with Crippen LogP contribution in [0.5, 0.6) is 0 Å². The number of fused-ring (bicyclic) bond motifs is 1. The molecule has 3 aliphatic heterocycles. The summed E-state index contributed by atoms with van der Waals surface area (Å²) in [6, 6.07) is 4.21. The highest BCUT2D eigenvalue weighted by Gasteiger charge is 2.75. The van der Waals surface area contributed by atoms with Gasteiger partial charge >= 0.3 is 5.97 Å². The second kappa shape index (κ2) is 8.57. The fraction of sp³-hybridized carbons (Fsp3) is 0.560. The minimum absolute atomic E-state index is 0.226. The number of aliphatic hydroxyl groups is 1. The number of benzene rings is 1. The number of carbonyl (C=O) groups excluding carboxylic acids is 2. The number of rotatable bonds is 8. The lowest BCUT2D eigenvalue weighted by molar-refractivity contribution is -0.151. The normalized spacial score (nSPS) is 30.9. The van der Waals surface area contributed by atoms with Crippen LogP contribution in [0.3, 0.4) is 0 Å². The third-order valence-electron chi connectivity index (χ3n) is 7.57. The standard InChI is InChI=1S/C25H32N2O6/c1-5-11-26(17-12-14(3)7-8-15(17)4)23(30)21-25-10-9-18(33-25)19(24(31)32)20(25)22(29)27(21)16(6-2)13-28/h5,7-8,12,16,18-21,28H,1,6,9-11,13H2,2-4H3,(H,31,32)/t16-,18-,19+,20-,21?,25?/m0/s1. The summed E-state index contributed by atoms with van der Waals surface area (Å²) in [7, 11) is 0. The predicted molar refractivity (Wildman–Crippen MR) is 122 cm³/mol. The molecule has 3 fully saturated rings. The average molecular weight is 457 g/mol. The Hall–Kier alpha value is -2.71. The van der Waals surface area contributed by atoms with E-state index in [-0.39, 0.29) is 19.1 Å². The quantitative estimate of drug-likeness (QED) is 0.580. The van der Waals surface area contributed by atoms with Crippen LogP contribution < -0.4 is 4.90 Å². The molecule has 2 bridgehead atoms. The fourth-order valence-electron chi connectivity index (χ4n) is 6.05. The van der Waals surface area contributed by atoms with E-state index in [9.17, 15) is 24.6 Å². The maximum Gasteiger partial charge on any atom is 0.310 e. The Labute approximate surface area is 193 Å². The lowest BCUT2D eigenvalue weighted by atomic mass is 9.70. The van der Waals surface area contributed by atoms with Crippen LogP contribution in [0.25, 0.3) is 0 Å². The van der Waals surface area contributed by atoms with Crippen molar-refractivity contribution < 1.29 is 29.3 Å². The highest BCUT2D eigenvalue weighted by molar-refractivity contribution is 6.05. The van der Waals surface area contributed by atoms with Gasteiger partial charge in [-0.15, -0.1) is 6.58 Å². The highest BCUT2D eigenvalue weighted by atomic mass is 16.5. The number of likely N-dealkylation sites (tertiary alicyclic amines) is 1. The molecule has 1 aromatic carbocycles. The van der Waals surface area contributed by atoms with Crippen LogP contribution in [0.4, 0.5) is 5.69 Å². The number of aliphatic hydroxyl groups excluding tert-OH is 1. The third-order valence-corrected chi connectivity index (χ3v) is 7.57. The first-order valence-electron chi connectivity index (χ1n) is 11.5. The van der Waals surface area contributed by atoms with Crippen LogP contribution in [0.1, 0.15) is 37.3 Å².